The van der Waals surface area contributed by atoms with E-state index in [2.05, 4.69) is 62.5 Å². The number of esters is 2. The first-order valence-corrected chi connectivity index (χ1v) is 23.1. The number of unbranched alkanes of at least 4 members (excludes halogenated alkanes) is 19. The molecule has 0 amide bonds. The van der Waals surface area contributed by atoms with Crippen molar-refractivity contribution in [2.45, 2.75) is 193 Å². The Kier molecular flexibility index (Phi) is 39.1. The van der Waals surface area contributed by atoms with Crippen LogP contribution in [0.15, 0.2) is 48.6 Å². The van der Waals surface area contributed by atoms with Crippen LogP contribution < -0.4 is 5.73 Å². The van der Waals surface area contributed by atoms with Crippen LogP contribution >= 0.6 is 7.82 Å². The zero-order chi connectivity index (χ0) is 39.6. The van der Waals surface area contributed by atoms with Crippen LogP contribution in [0, 0.1) is 0 Å². The molecule has 0 aromatic rings. The summed E-state index contributed by atoms with van der Waals surface area (Å²) in [5, 5.41) is 0. The third-order valence-electron chi connectivity index (χ3n) is 8.98. The van der Waals surface area contributed by atoms with Gasteiger partial charge in [0.2, 0.25) is 0 Å². The Labute approximate surface area is 330 Å². The molecule has 0 spiro atoms. The Bertz CT molecular complexity index is 1030. The van der Waals surface area contributed by atoms with Crippen LogP contribution in [0.2, 0.25) is 0 Å². The quantitative estimate of drug-likeness (QED) is 0.0269. The second-order valence-corrected chi connectivity index (χ2v) is 15.6. The predicted octanol–water partition coefficient (Wildman–Crippen LogP) is 12.3. The molecule has 0 aromatic carbocycles. The molecular weight excluding hydrogens is 701 g/mol. The summed E-state index contributed by atoms with van der Waals surface area (Å²) in [6, 6.07) is 0. The number of phosphoric acid groups is 1. The lowest BCUT2D eigenvalue weighted by atomic mass is 10.0. The minimum atomic E-state index is -4.39. The van der Waals surface area contributed by atoms with Crippen LogP contribution in [-0.2, 0) is 32.7 Å². The number of phosphoric ester groups is 1. The molecule has 0 aliphatic carbocycles. The molecule has 0 aliphatic rings. The number of carbonyl (C=O) groups excluding carboxylic acids is 2. The van der Waals surface area contributed by atoms with Gasteiger partial charge in [0.05, 0.1) is 13.2 Å². The van der Waals surface area contributed by atoms with Crippen molar-refractivity contribution in [2.75, 3.05) is 26.4 Å². The zero-order valence-corrected chi connectivity index (χ0v) is 35.3. The average molecular weight is 782 g/mol. The lowest BCUT2D eigenvalue weighted by Gasteiger charge is -2.19. The first kappa shape index (κ1) is 52.0. The Morgan fingerprint density at radius 1 is 0.574 bits per heavy atom. The van der Waals surface area contributed by atoms with Crippen LogP contribution in [0.25, 0.3) is 0 Å². The van der Waals surface area contributed by atoms with Gasteiger partial charge >= 0.3 is 19.8 Å². The van der Waals surface area contributed by atoms with Crippen LogP contribution in [0.1, 0.15) is 187 Å². The number of nitrogens with two attached hydrogens (primary N) is 1. The number of ether oxygens (including phenoxy) is 2. The number of hydrogen-bond acceptors (Lipinski definition) is 8. The fraction of sp³-hybridized carbons (Fsp3) is 0.773. The SMILES string of the molecule is CC/C=C\C/C=C\C/C=C\C/C=C\CCCCC(=O)O[C@H](COC(=O)CCCCCCCCCCCCCCCCCCCC)COP(=O)(O)OCCN. The summed E-state index contributed by atoms with van der Waals surface area (Å²) in [6.45, 7) is 3.58. The smallest absolute Gasteiger partial charge is 0.462 e. The maximum absolute atomic E-state index is 12.5. The number of rotatable bonds is 40. The van der Waals surface area contributed by atoms with Crippen LogP contribution in [0.5, 0.6) is 0 Å². The highest BCUT2D eigenvalue weighted by Gasteiger charge is 2.26. The standard InChI is InChI=1S/C44H80NO8P/c1-3-5-7-9-11-13-15-17-19-20-21-23-24-26-28-30-32-34-36-43(46)50-40-42(41-52-54(48,49)51-39-38-45)53-44(47)37-35-33-31-29-27-25-22-18-16-14-12-10-8-6-4-2/h6,8,12,14,18,22,27,29,42H,3-5,7,9-11,13,15-17,19-21,23-26,28,30-41,45H2,1-2H3,(H,48,49)/b8-6-,14-12-,22-18-,29-27-/t42-/m1/s1. The minimum Gasteiger partial charge on any atom is -0.462 e. The van der Waals surface area contributed by atoms with E-state index in [1.54, 1.807) is 0 Å². The van der Waals surface area contributed by atoms with E-state index in [1.807, 2.05) is 0 Å². The van der Waals surface area contributed by atoms with E-state index in [4.69, 9.17) is 24.3 Å². The maximum atomic E-state index is 12.5. The maximum Gasteiger partial charge on any atom is 0.472 e. The molecular formula is C44H80NO8P. The second-order valence-electron chi connectivity index (χ2n) is 14.2. The highest BCUT2D eigenvalue weighted by atomic mass is 31.2. The van der Waals surface area contributed by atoms with E-state index in [-0.39, 0.29) is 32.6 Å². The Morgan fingerprint density at radius 2 is 1.02 bits per heavy atom. The topological polar surface area (TPSA) is 134 Å². The predicted molar refractivity (Wildman–Crippen MR) is 224 cm³/mol. The van der Waals surface area contributed by atoms with Crippen molar-refractivity contribution in [3.8, 4) is 0 Å². The lowest BCUT2D eigenvalue weighted by Crippen LogP contribution is -2.29. The summed E-state index contributed by atoms with van der Waals surface area (Å²) in [4.78, 5) is 34.8. The van der Waals surface area contributed by atoms with Crippen molar-refractivity contribution >= 4 is 19.8 Å². The Hall–Kier alpha value is -2.03. The number of hydrogen-bond donors (Lipinski definition) is 2. The highest BCUT2D eigenvalue weighted by Crippen LogP contribution is 2.43. The fourth-order valence-electron chi connectivity index (χ4n) is 5.80. The van der Waals surface area contributed by atoms with E-state index in [1.165, 1.54) is 96.3 Å². The molecule has 0 bridgehead atoms. The van der Waals surface area contributed by atoms with Gasteiger partial charge in [-0.2, -0.15) is 0 Å². The summed E-state index contributed by atoms with van der Waals surface area (Å²) < 4.78 is 32.7. The number of allylic oxidation sites excluding steroid dienone is 8. The minimum absolute atomic E-state index is 0.0459. The van der Waals surface area contributed by atoms with Gasteiger partial charge in [0, 0.05) is 19.4 Å². The van der Waals surface area contributed by atoms with Crippen LogP contribution in [0.3, 0.4) is 0 Å². The highest BCUT2D eigenvalue weighted by molar-refractivity contribution is 7.47. The normalized spacial score (nSPS) is 13.8. The van der Waals surface area contributed by atoms with Gasteiger partial charge < -0.3 is 20.1 Å². The van der Waals surface area contributed by atoms with E-state index in [9.17, 15) is 19.0 Å². The Balaban J connectivity index is 4.18. The molecule has 9 nitrogen and oxygen atoms in total. The largest absolute Gasteiger partial charge is 0.472 e. The van der Waals surface area contributed by atoms with Crippen LogP contribution in [-0.4, -0.2) is 49.3 Å². The van der Waals surface area contributed by atoms with Crippen LogP contribution in [0.4, 0.5) is 0 Å². The van der Waals surface area contributed by atoms with Gasteiger partial charge in [0.25, 0.3) is 0 Å². The molecule has 0 rings (SSSR count). The molecule has 0 fully saturated rings. The fourth-order valence-corrected chi connectivity index (χ4v) is 6.57. The first-order chi connectivity index (χ1) is 26.3. The van der Waals surface area contributed by atoms with Crippen molar-refractivity contribution in [1.82, 2.24) is 0 Å². The van der Waals surface area contributed by atoms with Gasteiger partial charge in [-0.3, -0.25) is 18.6 Å². The van der Waals surface area contributed by atoms with Crippen molar-refractivity contribution < 1.29 is 37.6 Å². The summed E-state index contributed by atoms with van der Waals surface area (Å²) in [6.07, 6.45) is 45.8. The van der Waals surface area contributed by atoms with Gasteiger partial charge in [-0.05, 0) is 51.4 Å². The molecule has 1 unspecified atom stereocenters. The van der Waals surface area contributed by atoms with Crippen molar-refractivity contribution in [1.29, 1.82) is 0 Å². The summed E-state index contributed by atoms with van der Waals surface area (Å²) in [5.41, 5.74) is 5.34. The van der Waals surface area contributed by atoms with E-state index in [0.29, 0.717) is 6.42 Å². The molecule has 0 saturated heterocycles. The van der Waals surface area contributed by atoms with Gasteiger partial charge in [-0.1, -0.05) is 172 Å². The summed E-state index contributed by atoms with van der Waals surface area (Å²) in [5.74, 6) is -0.874. The van der Waals surface area contributed by atoms with Crippen molar-refractivity contribution in [2.24, 2.45) is 5.73 Å². The van der Waals surface area contributed by atoms with E-state index in [0.717, 1.165) is 57.8 Å². The van der Waals surface area contributed by atoms with Gasteiger partial charge in [-0.15, -0.1) is 0 Å². The molecule has 0 heterocycles. The molecule has 0 aliphatic heterocycles. The molecule has 54 heavy (non-hydrogen) atoms. The second kappa shape index (κ2) is 40.6. The monoisotopic (exact) mass is 782 g/mol. The van der Waals surface area contributed by atoms with E-state index >= 15 is 0 Å². The Morgan fingerprint density at radius 3 is 1.52 bits per heavy atom. The van der Waals surface area contributed by atoms with Gasteiger partial charge in [0.15, 0.2) is 6.10 Å². The van der Waals surface area contributed by atoms with Crippen molar-refractivity contribution in [3.63, 3.8) is 0 Å². The third-order valence-corrected chi connectivity index (χ3v) is 9.96. The molecule has 0 radical (unpaired) electrons. The summed E-state index contributed by atoms with van der Waals surface area (Å²) >= 11 is 0. The zero-order valence-electron chi connectivity index (χ0n) is 34.4. The van der Waals surface area contributed by atoms with Gasteiger partial charge in [0.1, 0.15) is 6.61 Å². The summed E-state index contributed by atoms with van der Waals surface area (Å²) in [7, 11) is -4.39. The van der Waals surface area contributed by atoms with E-state index < -0.39 is 32.5 Å². The molecule has 0 saturated carbocycles. The molecule has 0 aromatic heterocycles. The average Bonchev–Trinajstić information content (AvgIpc) is 3.16. The van der Waals surface area contributed by atoms with Gasteiger partial charge in [-0.25, -0.2) is 4.57 Å². The molecule has 2 atom stereocenters. The third kappa shape index (κ3) is 39.7. The molecule has 10 heteroatoms. The number of carbonyl (C=O) groups is 2. The lowest BCUT2D eigenvalue weighted by molar-refractivity contribution is -0.161. The molecule has 3 N–H and O–H groups in total. The first-order valence-electron chi connectivity index (χ1n) is 21.6. The van der Waals surface area contributed by atoms with Crippen molar-refractivity contribution in [3.05, 3.63) is 48.6 Å². The molecule has 314 valence electrons.